The summed E-state index contributed by atoms with van der Waals surface area (Å²) in [5.41, 5.74) is 3.42. The van der Waals surface area contributed by atoms with Crippen LogP contribution in [0.1, 0.15) is 27.5 Å². The number of rotatable bonds is 3. The van der Waals surface area contributed by atoms with Gasteiger partial charge >= 0.3 is 0 Å². The van der Waals surface area contributed by atoms with Gasteiger partial charge in [0.2, 0.25) is 0 Å². The summed E-state index contributed by atoms with van der Waals surface area (Å²) in [6.07, 6.45) is 0. The van der Waals surface area contributed by atoms with Gasteiger partial charge in [0.05, 0.1) is 6.04 Å². The van der Waals surface area contributed by atoms with E-state index in [9.17, 15) is 9.18 Å². The fraction of sp³-hybridized carbons (Fsp3) is 0.0417. The first-order chi connectivity index (χ1) is 14.5. The quantitative estimate of drug-likeness (QED) is 0.332. The van der Waals surface area contributed by atoms with Crippen LogP contribution in [0, 0.1) is 5.82 Å². The summed E-state index contributed by atoms with van der Waals surface area (Å²) in [7, 11) is 0. The molecular formula is C24H15BrClFN2O. The maximum Gasteiger partial charge on any atom is 0.252 e. The molecule has 1 amide bonds. The lowest BCUT2D eigenvalue weighted by Crippen LogP contribution is -2.20. The molecule has 4 aromatic carbocycles. The summed E-state index contributed by atoms with van der Waals surface area (Å²) in [5.74, 6) is -0.628. The number of carbonyl (C=O) groups excluding carboxylic acids is 1. The van der Waals surface area contributed by atoms with Gasteiger partial charge in [0.15, 0.2) is 0 Å². The van der Waals surface area contributed by atoms with E-state index in [-0.39, 0.29) is 5.91 Å². The lowest BCUT2D eigenvalue weighted by Gasteiger charge is -2.19. The van der Waals surface area contributed by atoms with Crippen LogP contribution in [0.4, 0.5) is 15.8 Å². The maximum absolute atomic E-state index is 13.9. The molecular weight excluding hydrogens is 467 g/mol. The predicted octanol–water partition coefficient (Wildman–Crippen LogP) is 6.97. The zero-order valence-corrected chi connectivity index (χ0v) is 17.9. The number of carbonyl (C=O) groups is 1. The van der Waals surface area contributed by atoms with Crippen molar-refractivity contribution < 1.29 is 9.18 Å². The monoisotopic (exact) mass is 480 g/mol. The Morgan fingerprint density at radius 2 is 1.77 bits per heavy atom. The second-order valence-electron chi connectivity index (χ2n) is 7.17. The van der Waals surface area contributed by atoms with E-state index in [0.717, 1.165) is 32.2 Å². The first kappa shape index (κ1) is 19.1. The average Bonchev–Trinajstić information content (AvgIpc) is 3.06. The van der Waals surface area contributed by atoms with Crippen molar-refractivity contribution in [1.82, 2.24) is 5.32 Å². The average molecular weight is 482 g/mol. The van der Waals surface area contributed by atoms with Crippen LogP contribution in [0.5, 0.6) is 0 Å². The van der Waals surface area contributed by atoms with E-state index in [1.807, 2.05) is 36.4 Å². The highest BCUT2D eigenvalue weighted by atomic mass is 79.9. The van der Waals surface area contributed by atoms with Crippen LogP contribution in [0.2, 0.25) is 5.02 Å². The standard InChI is InChI=1S/C24H15BrClFN2O/c25-15-10-19-22(23(29-24(19)30)18-12-16(27)6-8-20(18)26)21(11-15)28-17-7-5-13-3-1-2-4-14(13)9-17/h1-12,23,28H,(H,29,30). The Labute approximate surface area is 186 Å². The predicted molar refractivity (Wildman–Crippen MR) is 122 cm³/mol. The van der Waals surface area contributed by atoms with Crippen LogP contribution in [-0.2, 0) is 0 Å². The van der Waals surface area contributed by atoms with Gasteiger partial charge in [0.1, 0.15) is 5.82 Å². The minimum atomic E-state index is -0.549. The Hall–Kier alpha value is -2.89. The molecule has 5 rings (SSSR count). The first-order valence-electron chi connectivity index (χ1n) is 9.35. The van der Waals surface area contributed by atoms with Crippen LogP contribution >= 0.6 is 27.5 Å². The fourth-order valence-corrected chi connectivity index (χ4v) is 4.58. The lowest BCUT2D eigenvalue weighted by atomic mass is 9.96. The van der Waals surface area contributed by atoms with E-state index in [1.54, 1.807) is 6.07 Å². The van der Waals surface area contributed by atoms with Gasteiger partial charge in [-0.3, -0.25) is 4.79 Å². The number of anilines is 2. The summed E-state index contributed by atoms with van der Waals surface area (Å²) in [6.45, 7) is 0. The van der Waals surface area contributed by atoms with Crippen LogP contribution in [-0.4, -0.2) is 5.91 Å². The highest BCUT2D eigenvalue weighted by Crippen LogP contribution is 2.41. The molecule has 0 radical (unpaired) electrons. The van der Waals surface area contributed by atoms with Crippen LogP contribution < -0.4 is 10.6 Å². The van der Waals surface area contributed by atoms with Gasteiger partial charge in [-0.2, -0.15) is 0 Å². The van der Waals surface area contributed by atoms with Crippen molar-refractivity contribution in [2.75, 3.05) is 5.32 Å². The Kier molecular flexibility index (Phi) is 4.72. The van der Waals surface area contributed by atoms with Crippen molar-refractivity contribution in [3.05, 3.63) is 105 Å². The number of halogens is 3. The summed E-state index contributed by atoms with van der Waals surface area (Å²) >= 11 is 9.84. The molecule has 0 bridgehead atoms. The smallest absolute Gasteiger partial charge is 0.252 e. The zero-order valence-electron chi connectivity index (χ0n) is 15.5. The summed E-state index contributed by atoms with van der Waals surface area (Å²) in [6, 6.07) is 21.5. The largest absolute Gasteiger partial charge is 0.355 e. The maximum atomic E-state index is 13.9. The molecule has 1 atom stereocenters. The van der Waals surface area contributed by atoms with E-state index in [2.05, 4.69) is 38.7 Å². The van der Waals surface area contributed by atoms with Gasteiger partial charge in [0, 0.05) is 37.6 Å². The van der Waals surface area contributed by atoms with Crippen molar-refractivity contribution in [2.24, 2.45) is 0 Å². The first-order valence-corrected chi connectivity index (χ1v) is 10.5. The molecule has 1 aliphatic rings. The number of amides is 1. The molecule has 0 saturated carbocycles. The second kappa shape index (κ2) is 7.42. The van der Waals surface area contributed by atoms with E-state index >= 15 is 0 Å². The highest BCUT2D eigenvalue weighted by Gasteiger charge is 2.34. The Morgan fingerprint density at radius 3 is 2.60 bits per heavy atom. The van der Waals surface area contributed by atoms with E-state index in [1.165, 1.54) is 18.2 Å². The van der Waals surface area contributed by atoms with Crippen molar-refractivity contribution in [3.63, 3.8) is 0 Å². The molecule has 0 saturated heterocycles. The fourth-order valence-electron chi connectivity index (χ4n) is 3.89. The highest BCUT2D eigenvalue weighted by molar-refractivity contribution is 9.10. The molecule has 0 aliphatic carbocycles. The van der Waals surface area contributed by atoms with Crippen LogP contribution in [0.3, 0.4) is 0 Å². The minimum absolute atomic E-state index is 0.224. The van der Waals surface area contributed by atoms with Gasteiger partial charge in [-0.05, 0) is 53.2 Å². The summed E-state index contributed by atoms with van der Waals surface area (Å²) in [4.78, 5) is 12.7. The van der Waals surface area contributed by atoms with E-state index < -0.39 is 11.9 Å². The molecule has 3 nitrogen and oxygen atoms in total. The molecule has 0 aromatic heterocycles. The number of nitrogens with one attached hydrogen (secondary N) is 2. The molecule has 30 heavy (non-hydrogen) atoms. The van der Waals surface area contributed by atoms with Crippen LogP contribution in [0.15, 0.2) is 77.3 Å². The molecule has 2 N–H and O–H groups in total. The number of hydrogen-bond donors (Lipinski definition) is 2. The van der Waals surface area contributed by atoms with Gasteiger partial charge in [0.25, 0.3) is 5.91 Å². The molecule has 0 fully saturated rings. The molecule has 0 spiro atoms. The molecule has 1 heterocycles. The molecule has 4 aromatic rings. The van der Waals surface area contributed by atoms with Gasteiger partial charge in [-0.15, -0.1) is 0 Å². The van der Waals surface area contributed by atoms with E-state index in [0.29, 0.717) is 16.1 Å². The van der Waals surface area contributed by atoms with Crippen molar-refractivity contribution in [1.29, 1.82) is 0 Å². The van der Waals surface area contributed by atoms with Crippen molar-refractivity contribution in [3.8, 4) is 0 Å². The van der Waals surface area contributed by atoms with Gasteiger partial charge in [-0.1, -0.05) is 57.9 Å². The number of benzene rings is 4. The Morgan fingerprint density at radius 1 is 0.967 bits per heavy atom. The van der Waals surface area contributed by atoms with Crippen molar-refractivity contribution in [2.45, 2.75) is 6.04 Å². The summed E-state index contributed by atoms with van der Waals surface area (Å²) < 4.78 is 14.7. The normalized spacial score (nSPS) is 15.2. The Balaban J connectivity index is 1.63. The van der Waals surface area contributed by atoms with E-state index in [4.69, 9.17) is 11.6 Å². The number of hydrogen-bond acceptors (Lipinski definition) is 2. The molecule has 1 aliphatic heterocycles. The Bertz CT molecular complexity index is 1320. The lowest BCUT2D eigenvalue weighted by molar-refractivity contribution is 0.0960. The molecule has 1 unspecified atom stereocenters. The minimum Gasteiger partial charge on any atom is -0.355 e. The zero-order chi connectivity index (χ0) is 20.8. The third kappa shape index (κ3) is 3.34. The third-order valence-electron chi connectivity index (χ3n) is 5.25. The SMILES string of the molecule is O=C1NC(c2cc(F)ccc2Cl)c2c(Nc3ccc4ccccc4c3)cc(Br)cc21. The van der Waals surface area contributed by atoms with Crippen LogP contribution in [0.25, 0.3) is 10.8 Å². The topological polar surface area (TPSA) is 41.1 Å². The third-order valence-corrected chi connectivity index (χ3v) is 6.05. The molecule has 148 valence electrons. The second-order valence-corrected chi connectivity index (χ2v) is 8.50. The number of fused-ring (bicyclic) bond motifs is 2. The van der Waals surface area contributed by atoms with Gasteiger partial charge < -0.3 is 10.6 Å². The van der Waals surface area contributed by atoms with Crippen molar-refractivity contribution >= 4 is 55.6 Å². The molecule has 6 heteroatoms. The summed E-state index contributed by atoms with van der Waals surface area (Å²) in [5, 5.41) is 9.01. The van der Waals surface area contributed by atoms with Gasteiger partial charge in [-0.25, -0.2) is 4.39 Å².